The Kier molecular flexibility index (Phi) is 7.50. The number of hydrogen-bond acceptors (Lipinski definition) is 5. The number of ether oxygens (including phenoxy) is 1. The Morgan fingerprint density at radius 3 is 2.39 bits per heavy atom. The average molecular weight is 446 g/mol. The lowest BCUT2D eigenvalue weighted by atomic mass is 9.95. The second-order valence-electron chi connectivity index (χ2n) is 8.40. The number of likely N-dealkylation sites (tertiary alicyclic amines) is 2. The first-order valence-electron chi connectivity index (χ1n) is 11.3. The highest BCUT2D eigenvalue weighted by Crippen LogP contribution is 2.27. The van der Waals surface area contributed by atoms with Gasteiger partial charge in [0.15, 0.2) is 0 Å². The van der Waals surface area contributed by atoms with E-state index in [0.29, 0.717) is 50.7 Å². The molecule has 0 spiro atoms. The summed E-state index contributed by atoms with van der Waals surface area (Å²) in [6, 6.07) is 7.51. The average Bonchev–Trinajstić information content (AvgIpc) is 3.38. The molecule has 8 heteroatoms. The maximum atomic E-state index is 13.3. The highest BCUT2D eigenvalue weighted by atomic mass is 32.2. The van der Waals surface area contributed by atoms with Gasteiger partial charge in [-0.2, -0.15) is 0 Å². The van der Waals surface area contributed by atoms with E-state index in [1.807, 2.05) is 39.0 Å². The molecule has 0 aliphatic carbocycles. The molecule has 3 amide bonds. The molecule has 3 aliphatic rings. The quantitative estimate of drug-likeness (QED) is 0.650. The molecule has 168 valence electrons. The van der Waals surface area contributed by atoms with Gasteiger partial charge in [-0.25, -0.2) is 0 Å². The standard InChI is InChI=1S/C23H31N3O4S/c27-21(24-9-3-4-10-24)17-31-20-8-2-1-7-19(20)23(29)26-11-5-6-18(16-26)22(28)25-12-14-30-15-13-25/h1-2,7-8,18H,3-6,9-17H2. The second-order valence-corrected chi connectivity index (χ2v) is 9.42. The number of morpholine rings is 1. The van der Waals surface area contributed by atoms with Gasteiger partial charge < -0.3 is 19.4 Å². The first kappa shape index (κ1) is 22.1. The minimum Gasteiger partial charge on any atom is -0.378 e. The summed E-state index contributed by atoms with van der Waals surface area (Å²) in [6.45, 7) is 5.24. The van der Waals surface area contributed by atoms with Gasteiger partial charge in [0, 0.05) is 44.2 Å². The molecule has 4 rings (SSSR count). The summed E-state index contributed by atoms with van der Waals surface area (Å²) in [5, 5.41) is 0. The predicted molar refractivity (Wildman–Crippen MR) is 119 cm³/mol. The molecule has 1 unspecified atom stereocenters. The third-order valence-corrected chi connectivity index (χ3v) is 7.37. The van der Waals surface area contributed by atoms with Gasteiger partial charge in [0.05, 0.1) is 30.4 Å². The molecule has 7 nitrogen and oxygen atoms in total. The fourth-order valence-corrected chi connectivity index (χ4v) is 5.49. The van der Waals surface area contributed by atoms with Crippen LogP contribution in [0.1, 0.15) is 36.0 Å². The summed E-state index contributed by atoms with van der Waals surface area (Å²) in [5.41, 5.74) is 0.626. The van der Waals surface area contributed by atoms with Gasteiger partial charge >= 0.3 is 0 Å². The predicted octanol–water partition coefficient (Wildman–Crippen LogP) is 2.11. The first-order valence-corrected chi connectivity index (χ1v) is 12.3. The molecule has 3 aliphatic heterocycles. The second kappa shape index (κ2) is 10.5. The van der Waals surface area contributed by atoms with Gasteiger partial charge in [-0.05, 0) is 37.8 Å². The molecule has 31 heavy (non-hydrogen) atoms. The maximum absolute atomic E-state index is 13.3. The molecular formula is C23H31N3O4S. The van der Waals surface area contributed by atoms with Crippen LogP contribution in [-0.2, 0) is 14.3 Å². The highest BCUT2D eigenvalue weighted by molar-refractivity contribution is 8.00. The third-order valence-electron chi connectivity index (χ3n) is 6.31. The number of benzene rings is 1. The number of carbonyl (C=O) groups is 3. The van der Waals surface area contributed by atoms with Crippen molar-refractivity contribution in [2.45, 2.75) is 30.6 Å². The summed E-state index contributed by atoms with van der Waals surface area (Å²) < 4.78 is 5.35. The minimum atomic E-state index is -0.146. The van der Waals surface area contributed by atoms with Crippen LogP contribution in [0.5, 0.6) is 0 Å². The van der Waals surface area contributed by atoms with Crippen LogP contribution in [0.15, 0.2) is 29.2 Å². The Bertz CT molecular complexity index is 806. The molecule has 1 atom stereocenters. The number of rotatable bonds is 5. The number of amides is 3. The van der Waals surface area contributed by atoms with Crippen LogP contribution in [0.25, 0.3) is 0 Å². The van der Waals surface area contributed by atoms with Crippen molar-refractivity contribution >= 4 is 29.5 Å². The summed E-state index contributed by atoms with van der Waals surface area (Å²) in [5.74, 6) is 0.435. The van der Waals surface area contributed by atoms with Crippen molar-refractivity contribution in [3.05, 3.63) is 29.8 Å². The van der Waals surface area contributed by atoms with E-state index >= 15 is 0 Å². The first-order chi connectivity index (χ1) is 15.1. The zero-order chi connectivity index (χ0) is 21.6. The van der Waals surface area contributed by atoms with Crippen molar-refractivity contribution in [2.75, 3.05) is 58.2 Å². The van der Waals surface area contributed by atoms with Crippen LogP contribution in [-0.4, -0.2) is 90.7 Å². The summed E-state index contributed by atoms with van der Waals surface area (Å²) in [6.07, 6.45) is 3.80. The van der Waals surface area contributed by atoms with Crippen LogP contribution in [0.3, 0.4) is 0 Å². The Labute approximate surface area is 188 Å². The zero-order valence-corrected chi connectivity index (χ0v) is 18.8. The molecule has 0 saturated carbocycles. The Morgan fingerprint density at radius 2 is 1.61 bits per heavy atom. The number of nitrogens with zero attached hydrogens (tertiary/aromatic N) is 3. The Balaban J connectivity index is 1.39. The molecular weight excluding hydrogens is 414 g/mol. The van der Waals surface area contributed by atoms with Crippen molar-refractivity contribution in [3.8, 4) is 0 Å². The fraction of sp³-hybridized carbons (Fsp3) is 0.609. The lowest BCUT2D eigenvalue weighted by Gasteiger charge is -2.36. The lowest BCUT2D eigenvalue weighted by molar-refractivity contribution is -0.141. The zero-order valence-electron chi connectivity index (χ0n) is 18.0. The highest BCUT2D eigenvalue weighted by Gasteiger charge is 2.32. The van der Waals surface area contributed by atoms with Crippen LogP contribution < -0.4 is 0 Å². The molecule has 1 aromatic rings. The molecule has 0 aromatic heterocycles. The summed E-state index contributed by atoms with van der Waals surface area (Å²) in [7, 11) is 0. The number of carbonyl (C=O) groups excluding carboxylic acids is 3. The maximum Gasteiger partial charge on any atom is 0.255 e. The summed E-state index contributed by atoms with van der Waals surface area (Å²) >= 11 is 1.44. The monoisotopic (exact) mass is 445 g/mol. The molecule has 0 radical (unpaired) electrons. The van der Waals surface area contributed by atoms with Gasteiger partial charge in [0.25, 0.3) is 5.91 Å². The van der Waals surface area contributed by atoms with Crippen molar-refractivity contribution in [1.29, 1.82) is 0 Å². The number of hydrogen-bond donors (Lipinski definition) is 0. The normalized spacial score (nSPS) is 21.9. The molecule has 0 bridgehead atoms. The minimum absolute atomic E-state index is 0.0452. The van der Waals surface area contributed by atoms with Gasteiger partial charge in [0.1, 0.15) is 0 Å². The van der Waals surface area contributed by atoms with E-state index in [1.54, 1.807) is 0 Å². The van der Waals surface area contributed by atoms with E-state index in [4.69, 9.17) is 4.74 Å². The molecule has 3 fully saturated rings. The van der Waals surface area contributed by atoms with Crippen molar-refractivity contribution in [2.24, 2.45) is 5.92 Å². The van der Waals surface area contributed by atoms with E-state index in [0.717, 1.165) is 43.7 Å². The van der Waals surface area contributed by atoms with Crippen LogP contribution in [0.4, 0.5) is 0 Å². The van der Waals surface area contributed by atoms with Crippen molar-refractivity contribution < 1.29 is 19.1 Å². The lowest BCUT2D eigenvalue weighted by Crippen LogP contribution is -2.49. The van der Waals surface area contributed by atoms with Crippen LogP contribution in [0.2, 0.25) is 0 Å². The molecule has 1 aromatic carbocycles. The summed E-state index contributed by atoms with van der Waals surface area (Å²) in [4.78, 5) is 45.1. The van der Waals surface area contributed by atoms with Gasteiger partial charge in [0.2, 0.25) is 11.8 Å². The van der Waals surface area contributed by atoms with Crippen molar-refractivity contribution in [3.63, 3.8) is 0 Å². The topological polar surface area (TPSA) is 70.2 Å². The number of thioether (sulfide) groups is 1. The van der Waals surface area contributed by atoms with Gasteiger partial charge in [-0.1, -0.05) is 12.1 Å². The Morgan fingerprint density at radius 1 is 0.903 bits per heavy atom. The van der Waals surface area contributed by atoms with E-state index in [9.17, 15) is 14.4 Å². The smallest absolute Gasteiger partial charge is 0.255 e. The SMILES string of the molecule is O=C(CSc1ccccc1C(=O)N1CCCC(C(=O)N2CCOCC2)C1)N1CCCC1. The van der Waals surface area contributed by atoms with E-state index < -0.39 is 0 Å². The van der Waals surface area contributed by atoms with Crippen LogP contribution >= 0.6 is 11.8 Å². The van der Waals surface area contributed by atoms with E-state index in [-0.39, 0.29) is 23.6 Å². The van der Waals surface area contributed by atoms with E-state index in [1.165, 1.54) is 11.8 Å². The Hall–Kier alpha value is -2.06. The number of piperidine rings is 1. The van der Waals surface area contributed by atoms with Crippen LogP contribution in [0, 0.1) is 5.92 Å². The largest absolute Gasteiger partial charge is 0.378 e. The molecule has 3 saturated heterocycles. The fourth-order valence-electron chi connectivity index (χ4n) is 4.54. The van der Waals surface area contributed by atoms with E-state index in [2.05, 4.69) is 0 Å². The molecule has 0 N–H and O–H groups in total. The van der Waals surface area contributed by atoms with Gasteiger partial charge in [-0.15, -0.1) is 11.8 Å². The van der Waals surface area contributed by atoms with Gasteiger partial charge in [-0.3, -0.25) is 14.4 Å². The van der Waals surface area contributed by atoms with Crippen molar-refractivity contribution in [1.82, 2.24) is 14.7 Å². The third kappa shape index (κ3) is 5.41. The molecule has 3 heterocycles.